The number of ether oxygens (including phenoxy) is 1. The Bertz CT molecular complexity index is 1550. The molecule has 3 aliphatic heterocycles. The number of nitrogens with two attached hydrogens (primary N) is 1. The van der Waals surface area contributed by atoms with Gasteiger partial charge in [-0.15, -0.1) is 6.58 Å². The molecule has 11 nitrogen and oxygen atoms in total. The predicted octanol–water partition coefficient (Wildman–Crippen LogP) is 8.16. The molecule has 2 atom stereocenters. The van der Waals surface area contributed by atoms with Gasteiger partial charge in [-0.1, -0.05) is 89.2 Å². The summed E-state index contributed by atoms with van der Waals surface area (Å²) in [6.07, 6.45) is 12.8. The number of methoxy groups -OCH3 is 1. The molecule has 2 aromatic rings. The van der Waals surface area contributed by atoms with E-state index in [2.05, 4.69) is 45.3 Å². The maximum Gasteiger partial charge on any atom is 0.418 e. The lowest BCUT2D eigenvalue weighted by Crippen LogP contribution is -2.52. The van der Waals surface area contributed by atoms with E-state index in [0.29, 0.717) is 19.4 Å². The number of nitrogens with one attached hydrogen (secondary N) is 1. The van der Waals surface area contributed by atoms with Crippen LogP contribution in [-0.2, 0) is 23.9 Å². The molecule has 2 aromatic carbocycles. The maximum atomic E-state index is 12.6. The number of likely N-dealkylation sites (tertiary alicyclic amines) is 2. The summed E-state index contributed by atoms with van der Waals surface area (Å²) in [6.45, 7) is 16.1. The van der Waals surface area contributed by atoms with Gasteiger partial charge in [0.05, 0.1) is 18.5 Å². The van der Waals surface area contributed by atoms with Crippen molar-refractivity contribution in [2.24, 2.45) is 11.7 Å². The van der Waals surface area contributed by atoms with Gasteiger partial charge >= 0.3 is 6.09 Å². The molecule has 3 heterocycles. The number of para-hydroxylation sites is 2. The van der Waals surface area contributed by atoms with Gasteiger partial charge in [0.15, 0.2) is 0 Å². The van der Waals surface area contributed by atoms with Crippen LogP contribution in [0.5, 0.6) is 0 Å². The zero-order valence-corrected chi connectivity index (χ0v) is 35.3. The van der Waals surface area contributed by atoms with Crippen molar-refractivity contribution in [3.05, 3.63) is 72.3 Å². The van der Waals surface area contributed by atoms with E-state index < -0.39 is 18.0 Å². The molecule has 2 saturated heterocycles. The molecular formula is C44H65N5O6S. The summed E-state index contributed by atoms with van der Waals surface area (Å²) < 4.78 is 4.92. The molecular weight excluding hydrogens is 727 g/mol. The quantitative estimate of drug-likeness (QED) is 0.182. The highest BCUT2D eigenvalue weighted by atomic mass is 32.1. The molecule has 1 unspecified atom stereocenters. The summed E-state index contributed by atoms with van der Waals surface area (Å²) in [4.78, 5) is 65.8. The van der Waals surface area contributed by atoms with Crippen molar-refractivity contribution >= 4 is 65.9 Å². The zero-order chi connectivity index (χ0) is 41.6. The molecule has 308 valence electrons. The monoisotopic (exact) mass is 791 g/mol. The zero-order valence-electron chi connectivity index (χ0n) is 34.4. The molecule has 1 saturated carbocycles. The highest BCUT2D eigenvalue weighted by Gasteiger charge is 2.35. The number of benzene rings is 2. The molecule has 56 heavy (non-hydrogen) atoms. The topological polar surface area (TPSA) is 142 Å². The largest absolute Gasteiger partial charge is 0.452 e. The van der Waals surface area contributed by atoms with Crippen LogP contribution >= 0.6 is 12.6 Å². The van der Waals surface area contributed by atoms with E-state index in [9.17, 15) is 24.0 Å². The van der Waals surface area contributed by atoms with E-state index in [1.165, 1.54) is 30.9 Å². The lowest BCUT2D eigenvalue weighted by molar-refractivity contribution is -0.141. The molecule has 3 fully saturated rings. The fraction of sp³-hybridized carbons (Fsp3) is 0.523. The lowest BCUT2D eigenvalue weighted by atomic mass is 10.1. The van der Waals surface area contributed by atoms with E-state index in [1.54, 1.807) is 4.90 Å². The van der Waals surface area contributed by atoms with Crippen molar-refractivity contribution in [2.45, 2.75) is 116 Å². The lowest BCUT2D eigenvalue weighted by Gasteiger charge is -2.28. The van der Waals surface area contributed by atoms with Crippen LogP contribution in [0.1, 0.15) is 110 Å². The van der Waals surface area contributed by atoms with E-state index in [1.807, 2.05) is 79.4 Å². The first-order valence-electron chi connectivity index (χ1n) is 20.1. The highest BCUT2D eigenvalue weighted by Crippen LogP contribution is 2.36. The van der Waals surface area contributed by atoms with E-state index in [4.69, 9.17) is 10.5 Å². The fourth-order valence-corrected chi connectivity index (χ4v) is 6.16. The Labute approximate surface area is 340 Å². The molecule has 0 aromatic heterocycles. The van der Waals surface area contributed by atoms with Gasteiger partial charge in [-0.05, 0) is 80.5 Å². The average molecular weight is 792 g/mol. The number of hydrogen-bond donors (Lipinski definition) is 3. The summed E-state index contributed by atoms with van der Waals surface area (Å²) in [5.41, 5.74) is 8.93. The Hall–Kier alpha value is -4.58. The molecule has 0 radical (unpaired) electrons. The number of thiol groups is 1. The maximum absolute atomic E-state index is 12.6. The van der Waals surface area contributed by atoms with Crippen LogP contribution in [0, 0.1) is 5.92 Å². The smallest absolute Gasteiger partial charge is 0.418 e. The average Bonchev–Trinajstić information content (AvgIpc) is 3.87. The van der Waals surface area contributed by atoms with Crippen LogP contribution < -0.4 is 16.0 Å². The second-order valence-corrected chi connectivity index (χ2v) is 15.1. The van der Waals surface area contributed by atoms with Gasteiger partial charge in [-0.3, -0.25) is 19.2 Å². The van der Waals surface area contributed by atoms with E-state index in [0.717, 1.165) is 66.0 Å². The number of anilines is 2. The molecule has 3 N–H and O–H groups in total. The number of nitrogens with zero attached hydrogens (tertiary/aromatic N) is 3. The summed E-state index contributed by atoms with van der Waals surface area (Å²) >= 11 is 4.08. The normalized spacial score (nSPS) is 16.9. The minimum absolute atomic E-state index is 0.00280. The molecule has 6 rings (SSSR count). The number of carbonyl (C=O) groups excluding carboxylic acids is 5. The first kappa shape index (κ1) is 47.6. The Balaban J connectivity index is 0.000000320. The van der Waals surface area contributed by atoms with Crippen LogP contribution in [0.3, 0.4) is 0 Å². The highest BCUT2D eigenvalue weighted by molar-refractivity contribution is 7.81. The SMILES string of the molecule is C=CCC(NC(=O)[C@@H]1CCCN1C(=O)CCC(=O)N1CCCCC1)C(N)=O.CC.CC(C)C.COC(=O)N1c2ccccc2C=Cc2ccccc21.SC1CC1. The summed E-state index contributed by atoms with van der Waals surface area (Å²) in [6, 6.07) is 14.1. The molecule has 1 aliphatic carbocycles. The van der Waals surface area contributed by atoms with Gasteiger partial charge in [0.2, 0.25) is 23.6 Å². The minimum Gasteiger partial charge on any atom is -0.452 e. The van der Waals surface area contributed by atoms with Crippen molar-refractivity contribution in [1.82, 2.24) is 15.1 Å². The summed E-state index contributed by atoms with van der Waals surface area (Å²) in [5.74, 6) is -0.375. The number of amides is 5. The van der Waals surface area contributed by atoms with Crippen LogP contribution in [0.25, 0.3) is 12.2 Å². The third kappa shape index (κ3) is 15.9. The molecule has 0 spiro atoms. The molecule has 12 heteroatoms. The van der Waals surface area contributed by atoms with Crippen LogP contribution in [-0.4, -0.2) is 83.6 Å². The fourth-order valence-electron chi connectivity index (χ4n) is 6.01. The second kappa shape index (κ2) is 25.6. The van der Waals surface area contributed by atoms with Crippen LogP contribution in [0.2, 0.25) is 0 Å². The number of piperidine rings is 1. The first-order valence-corrected chi connectivity index (χ1v) is 20.6. The third-order valence-electron chi connectivity index (χ3n) is 8.90. The van der Waals surface area contributed by atoms with Crippen LogP contribution in [0.15, 0.2) is 61.2 Å². The molecule has 0 bridgehead atoms. The van der Waals surface area contributed by atoms with Gasteiger partial charge in [0, 0.05) is 37.7 Å². The summed E-state index contributed by atoms with van der Waals surface area (Å²) in [5, 5.41) is 3.38. The van der Waals surface area contributed by atoms with Crippen molar-refractivity contribution in [1.29, 1.82) is 0 Å². The Morgan fingerprint density at radius 1 is 0.839 bits per heavy atom. The van der Waals surface area contributed by atoms with E-state index in [-0.39, 0.29) is 43.1 Å². The number of carbonyl (C=O) groups is 5. The van der Waals surface area contributed by atoms with Crippen molar-refractivity contribution in [2.75, 3.05) is 31.6 Å². The summed E-state index contributed by atoms with van der Waals surface area (Å²) in [7, 11) is 1.39. The van der Waals surface area contributed by atoms with Gasteiger partial charge in [-0.25, -0.2) is 9.69 Å². The Kier molecular flexibility index (Phi) is 21.7. The van der Waals surface area contributed by atoms with Gasteiger partial charge in [0.25, 0.3) is 0 Å². The molecule has 4 aliphatic rings. The van der Waals surface area contributed by atoms with Gasteiger partial charge < -0.3 is 25.6 Å². The number of rotatable bonds is 8. The third-order valence-corrected chi connectivity index (χ3v) is 9.42. The predicted molar refractivity (Wildman–Crippen MR) is 231 cm³/mol. The van der Waals surface area contributed by atoms with Crippen molar-refractivity contribution in [3.8, 4) is 0 Å². The standard InChI is InChI=1S/C19H30N4O4.C16H13NO2.C4H10.C3H6S.C2H6/c1-2-7-14(18(20)26)21-19(27)15-8-6-13-23(15)17(25)10-9-16(24)22-11-4-3-5-12-22;1-19-16(18)17-14-8-4-2-6-12(14)10-11-13-7-3-5-9-15(13)17;1-4(2)3;4-3-1-2-3;1-2/h2,14-15H,1,3-13H2,(H2,20,26)(H,21,27);2-11H,1H3;4H,1-3H3;3-4H,1-2H2;1-2H3/t14?,15-;;;;/m0..../s1. The molecule has 5 amide bonds. The van der Waals surface area contributed by atoms with Gasteiger partial charge in [0.1, 0.15) is 12.1 Å². The first-order chi connectivity index (χ1) is 26.9. The number of hydrogen-bond acceptors (Lipinski definition) is 7. The van der Waals surface area contributed by atoms with Crippen molar-refractivity contribution in [3.63, 3.8) is 0 Å². The van der Waals surface area contributed by atoms with Crippen LogP contribution in [0.4, 0.5) is 16.2 Å². The number of fused-ring (bicyclic) bond motifs is 2. The Morgan fingerprint density at radius 2 is 1.34 bits per heavy atom. The van der Waals surface area contributed by atoms with Gasteiger partial charge in [-0.2, -0.15) is 12.6 Å². The number of primary amides is 1. The second-order valence-electron chi connectivity index (χ2n) is 14.4. The Morgan fingerprint density at radius 3 is 1.80 bits per heavy atom. The minimum atomic E-state index is -0.826. The van der Waals surface area contributed by atoms with E-state index >= 15 is 0 Å². The van der Waals surface area contributed by atoms with Crippen molar-refractivity contribution < 1.29 is 28.7 Å².